The van der Waals surface area contributed by atoms with E-state index in [2.05, 4.69) is 31.0 Å². The maximum Gasteiger partial charge on any atom is 0.222 e. The Morgan fingerprint density at radius 1 is 1.20 bits per heavy atom. The standard InChI is InChI=1S/C12H13NOS/c1-8(2)9-3-5-10(6-4-9)12-13-11(14)7-15-12/h3-8,14H,1-2H3. The summed E-state index contributed by atoms with van der Waals surface area (Å²) < 4.78 is 0. The number of aromatic nitrogens is 1. The van der Waals surface area contributed by atoms with Crippen LogP contribution in [0.15, 0.2) is 29.6 Å². The number of benzene rings is 1. The average molecular weight is 219 g/mol. The highest BCUT2D eigenvalue weighted by atomic mass is 32.1. The van der Waals surface area contributed by atoms with Gasteiger partial charge in [0.2, 0.25) is 5.88 Å². The molecule has 0 saturated carbocycles. The molecule has 15 heavy (non-hydrogen) atoms. The Morgan fingerprint density at radius 3 is 2.33 bits per heavy atom. The Bertz CT molecular complexity index is 445. The highest BCUT2D eigenvalue weighted by Gasteiger charge is 2.04. The molecule has 0 saturated heterocycles. The van der Waals surface area contributed by atoms with Gasteiger partial charge < -0.3 is 5.11 Å². The van der Waals surface area contributed by atoms with Gasteiger partial charge in [0.05, 0.1) is 5.38 Å². The highest BCUT2D eigenvalue weighted by molar-refractivity contribution is 7.13. The van der Waals surface area contributed by atoms with E-state index in [0.717, 1.165) is 10.6 Å². The predicted molar refractivity (Wildman–Crippen MR) is 63.3 cm³/mol. The monoisotopic (exact) mass is 219 g/mol. The summed E-state index contributed by atoms with van der Waals surface area (Å²) >= 11 is 1.46. The fourth-order valence-electron chi connectivity index (χ4n) is 1.41. The number of hydrogen-bond acceptors (Lipinski definition) is 3. The molecular weight excluding hydrogens is 206 g/mol. The minimum Gasteiger partial charge on any atom is -0.493 e. The van der Waals surface area contributed by atoms with Gasteiger partial charge in [0.1, 0.15) is 5.01 Å². The van der Waals surface area contributed by atoms with Crippen molar-refractivity contribution in [3.8, 4) is 16.5 Å². The Balaban J connectivity index is 2.31. The molecule has 0 bridgehead atoms. The summed E-state index contributed by atoms with van der Waals surface area (Å²) in [6.45, 7) is 4.34. The van der Waals surface area contributed by atoms with E-state index in [1.807, 2.05) is 12.1 Å². The van der Waals surface area contributed by atoms with Gasteiger partial charge in [0.25, 0.3) is 0 Å². The molecule has 1 aromatic heterocycles. The van der Waals surface area contributed by atoms with E-state index in [1.54, 1.807) is 5.38 Å². The molecule has 1 N–H and O–H groups in total. The van der Waals surface area contributed by atoms with Crippen LogP contribution >= 0.6 is 11.3 Å². The maximum atomic E-state index is 9.16. The van der Waals surface area contributed by atoms with Crippen LogP contribution in [0.5, 0.6) is 5.88 Å². The number of nitrogens with zero attached hydrogens (tertiary/aromatic N) is 1. The molecule has 2 aromatic rings. The highest BCUT2D eigenvalue weighted by Crippen LogP contribution is 2.27. The van der Waals surface area contributed by atoms with E-state index < -0.39 is 0 Å². The van der Waals surface area contributed by atoms with E-state index >= 15 is 0 Å². The largest absolute Gasteiger partial charge is 0.493 e. The van der Waals surface area contributed by atoms with E-state index in [-0.39, 0.29) is 5.88 Å². The molecule has 0 fully saturated rings. The zero-order valence-corrected chi connectivity index (χ0v) is 9.58. The summed E-state index contributed by atoms with van der Waals surface area (Å²) in [7, 11) is 0. The van der Waals surface area contributed by atoms with Crippen molar-refractivity contribution in [2.75, 3.05) is 0 Å². The second-order valence-electron chi connectivity index (χ2n) is 3.79. The Kier molecular flexibility index (Phi) is 2.73. The SMILES string of the molecule is CC(C)c1ccc(-c2nc(O)cs2)cc1. The van der Waals surface area contributed by atoms with Gasteiger partial charge in [-0.3, -0.25) is 0 Å². The molecule has 0 atom stereocenters. The summed E-state index contributed by atoms with van der Waals surface area (Å²) in [6.07, 6.45) is 0. The van der Waals surface area contributed by atoms with Crippen LogP contribution in [0.2, 0.25) is 0 Å². The van der Waals surface area contributed by atoms with Crippen molar-refractivity contribution in [2.24, 2.45) is 0 Å². The van der Waals surface area contributed by atoms with E-state index in [1.165, 1.54) is 16.9 Å². The van der Waals surface area contributed by atoms with Crippen molar-refractivity contribution >= 4 is 11.3 Å². The van der Waals surface area contributed by atoms with Gasteiger partial charge in [0, 0.05) is 5.56 Å². The van der Waals surface area contributed by atoms with Crippen LogP contribution in [-0.2, 0) is 0 Å². The molecule has 2 rings (SSSR count). The maximum absolute atomic E-state index is 9.16. The van der Waals surface area contributed by atoms with Gasteiger partial charge in [0.15, 0.2) is 0 Å². The Hall–Kier alpha value is -1.35. The molecule has 0 aliphatic carbocycles. The van der Waals surface area contributed by atoms with Crippen molar-refractivity contribution in [3.63, 3.8) is 0 Å². The lowest BCUT2D eigenvalue weighted by atomic mass is 10.0. The topological polar surface area (TPSA) is 33.1 Å². The third-order valence-electron chi connectivity index (χ3n) is 2.32. The molecule has 0 aliphatic rings. The lowest BCUT2D eigenvalue weighted by Gasteiger charge is -2.04. The molecule has 0 unspecified atom stereocenters. The first-order chi connectivity index (χ1) is 7.16. The fraction of sp³-hybridized carbons (Fsp3) is 0.250. The quantitative estimate of drug-likeness (QED) is 0.836. The van der Waals surface area contributed by atoms with Crippen molar-refractivity contribution in [1.29, 1.82) is 0 Å². The van der Waals surface area contributed by atoms with E-state index in [4.69, 9.17) is 5.11 Å². The molecule has 1 heterocycles. The molecular formula is C12H13NOS. The van der Waals surface area contributed by atoms with Crippen LogP contribution < -0.4 is 0 Å². The molecule has 3 heteroatoms. The third-order valence-corrected chi connectivity index (χ3v) is 3.20. The van der Waals surface area contributed by atoms with Crippen molar-refractivity contribution in [3.05, 3.63) is 35.2 Å². The van der Waals surface area contributed by atoms with Crippen LogP contribution in [0.3, 0.4) is 0 Å². The van der Waals surface area contributed by atoms with E-state index in [9.17, 15) is 0 Å². The van der Waals surface area contributed by atoms with Gasteiger partial charge in [-0.25, -0.2) is 4.98 Å². The summed E-state index contributed by atoms with van der Waals surface area (Å²) in [5, 5.41) is 11.7. The number of aromatic hydroxyl groups is 1. The third kappa shape index (κ3) is 2.18. The number of rotatable bonds is 2. The zero-order valence-electron chi connectivity index (χ0n) is 8.77. The van der Waals surface area contributed by atoms with Crippen LogP contribution in [0.4, 0.5) is 0 Å². The first kappa shape index (κ1) is 10.2. The number of thiazole rings is 1. The van der Waals surface area contributed by atoms with Gasteiger partial charge in [-0.1, -0.05) is 38.1 Å². The molecule has 1 aromatic carbocycles. The van der Waals surface area contributed by atoms with Gasteiger partial charge >= 0.3 is 0 Å². The van der Waals surface area contributed by atoms with Crippen LogP contribution in [0.1, 0.15) is 25.3 Å². The first-order valence-electron chi connectivity index (χ1n) is 4.91. The van der Waals surface area contributed by atoms with Gasteiger partial charge in [-0.05, 0) is 11.5 Å². The molecule has 0 aliphatic heterocycles. The zero-order chi connectivity index (χ0) is 10.8. The average Bonchev–Trinajstić information content (AvgIpc) is 2.65. The van der Waals surface area contributed by atoms with Crippen molar-refractivity contribution in [2.45, 2.75) is 19.8 Å². The summed E-state index contributed by atoms with van der Waals surface area (Å²) in [6, 6.07) is 8.32. The predicted octanol–water partition coefficient (Wildman–Crippen LogP) is 3.64. The Labute approximate surface area is 93.2 Å². The van der Waals surface area contributed by atoms with Crippen molar-refractivity contribution in [1.82, 2.24) is 4.98 Å². The van der Waals surface area contributed by atoms with Gasteiger partial charge in [-0.15, -0.1) is 11.3 Å². The number of hydrogen-bond donors (Lipinski definition) is 1. The fourth-order valence-corrected chi connectivity index (χ4v) is 2.10. The molecule has 0 spiro atoms. The minimum atomic E-state index is 0.0999. The van der Waals surface area contributed by atoms with Crippen LogP contribution in [0, 0.1) is 0 Å². The van der Waals surface area contributed by atoms with Gasteiger partial charge in [-0.2, -0.15) is 0 Å². The molecule has 2 nitrogen and oxygen atoms in total. The molecule has 0 radical (unpaired) electrons. The molecule has 0 amide bonds. The summed E-state index contributed by atoms with van der Waals surface area (Å²) in [5.41, 5.74) is 2.38. The van der Waals surface area contributed by atoms with E-state index in [0.29, 0.717) is 5.92 Å². The Morgan fingerprint density at radius 2 is 1.87 bits per heavy atom. The lowest BCUT2D eigenvalue weighted by molar-refractivity contribution is 0.458. The first-order valence-corrected chi connectivity index (χ1v) is 5.79. The van der Waals surface area contributed by atoms with Crippen LogP contribution in [0.25, 0.3) is 10.6 Å². The van der Waals surface area contributed by atoms with Crippen molar-refractivity contribution < 1.29 is 5.11 Å². The molecule has 78 valence electrons. The second kappa shape index (κ2) is 4.03. The minimum absolute atomic E-state index is 0.0999. The van der Waals surface area contributed by atoms with Crippen LogP contribution in [-0.4, -0.2) is 10.1 Å². The smallest absolute Gasteiger partial charge is 0.222 e. The summed E-state index contributed by atoms with van der Waals surface area (Å²) in [5.74, 6) is 0.645. The summed E-state index contributed by atoms with van der Waals surface area (Å²) in [4.78, 5) is 4.03. The second-order valence-corrected chi connectivity index (χ2v) is 4.65. The normalized spacial score (nSPS) is 10.9. The lowest BCUT2D eigenvalue weighted by Crippen LogP contribution is -1.86.